The summed E-state index contributed by atoms with van der Waals surface area (Å²) in [5.74, 6) is 0. The predicted molar refractivity (Wildman–Crippen MR) is 80.0 cm³/mol. The van der Waals surface area contributed by atoms with Crippen molar-refractivity contribution in [3.8, 4) is 0 Å². The molecule has 2 rings (SSSR count). The van der Waals surface area contributed by atoms with Crippen LogP contribution in [0.4, 0.5) is 5.69 Å². The molecular weight excluding hydrogens is 294 g/mol. The zero-order valence-corrected chi connectivity index (χ0v) is 13.1. The molecule has 0 aliphatic carbocycles. The molecule has 0 unspecified atom stereocenters. The first-order valence-electron chi connectivity index (χ1n) is 6.14. The molecule has 1 aromatic heterocycles. The highest BCUT2D eigenvalue weighted by molar-refractivity contribution is 7.59. The van der Waals surface area contributed by atoms with Crippen molar-refractivity contribution in [1.82, 2.24) is 0 Å². The topological polar surface area (TPSA) is 107 Å². The summed E-state index contributed by atoms with van der Waals surface area (Å²) < 4.78 is 30.7. The van der Waals surface area contributed by atoms with Crippen LogP contribution in [0.25, 0.3) is 11.0 Å². The Morgan fingerprint density at radius 2 is 1.67 bits per heavy atom. The van der Waals surface area contributed by atoms with Crippen LogP contribution in [-0.4, -0.2) is 12.6 Å². The first-order chi connectivity index (χ1) is 9.54. The van der Waals surface area contributed by atoms with Crippen molar-refractivity contribution in [3.63, 3.8) is 0 Å². The second-order valence-corrected chi connectivity index (χ2v) is 6.01. The zero-order chi connectivity index (χ0) is 16.4. The molecule has 0 radical (unpaired) electrons. The van der Waals surface area contributed by atoms with Crippen molar-refractivity contribution in [3.05, 3.63) is 39.7 Å². The molecule has 2 aromatic rings. The third-order valence-corrected chi connectivity index (χ3v) is 2.94. The quantitative estimate of drug-likeness (QED) is 0.588. The van der Waals surface area contributed by atoms with Crippen LogP contribution in [0, 0.1) is 6.92 Å². The van der Waals surface area contributed by atoms with Gasteiger partial charge in [-0.1, -0.05) is 20.8 Å². The van der Waals surface area contributed by atoms with Gasteiger partial charge in [0.2, 0.25) is 0 Å². The fraction of sp³-hybridized carbons (Fsp3) is 0.357. The maximum Gasteiger partial charge on any atom is 0.425 e. The largest absolute Gasteiger partial charge is 0.425 e. The Balaban J connectivity index is 0.000000491. The number of benzene rings is 1. The molecule has 0 bridgehead atoms. The number of fused-ring (bicyclic) bond motifs is 1. The standard InChI is InChI=1S/C14H17NO2.O3S/c1-8-10-6-5-9(15)7-11(10)17-13(16)12(8)14(2,3)4;1-4(2)3/h5-7H,15H2,1-4H3;. The van der Waals surface area contributed by atoms with E-state index in [9.17, 15) is 4.79 Å². The van der Waals surface area contributed by atoms with E-state index in [1.54, 1.807) is 6.07 Å². The van der Waals surface area contributed by atoms with Gasteiger partial charge in [0.25, 0.3) is 0 Å². The third-order valence-electron chi connectivity index (χ3n) is 2.94. The maximum absolute atomic E-state index is 12.0. The number of nitrogen functional groups attached to an aromatic ring is 1. The molecule has 0 amide bonds. The zero-order valence-electron chi connectivity index (χ0n) is 12.3. The third kappa shape index (κ3) is 4.16. The Hall–Kier alpha value is -2.15. The number of rotatable bonds is 0. The maximum atomic E-state index is 12.0. The Labute approximate surface area is 123 Å². The van der Waals surface area contributed by atoms with Gasteiger partial charge in [0.05, 0.1) is 0 Å². The molecule has 0 fully saturated rings. The van der Waals surface area contributed by atoms with Gasteiger partial charge in [-0.2, -0.15) is 0 Å². The van der Waals surface area contributed by atoms with Crippen molar-refractivity contribution in [2.75, 3.05) is 5.73 Å². The van der Waals surface area contributed by atoms with Gasteiger partial charge in [-0.15, -0.1) is 12.6 Å². The van der Waals surface area contributed by atoms with Crippen LogP contribution < -0.4 is 11.4 Å². The summed E-state index contributed by atoms with van der Waals surface area (Å²) >= 11 is 0. The lowest BCUT2D eigenvalue weighted by molar-refractivity contribution is 0.499. The molecule has 114 valence electrons. The SMILES string of the molecule is Cc1c(C(C)(C)C)c(=O)oc2cc(N)ccc12.O=S(=O)=O. The number of anilines is 1. The first-order valence-corrected chi connectivity index (χ1v) is 7.14. The number of hydrogen-bond acceptors (Lipinski definition) is 6. The summed E-state index contributed by atoms with van der Waals surface area (Å²) in [5, 5.41) is 0.948. The molecule has 0 aliphatic rings. The van der Waals surface area contributed by atoms with Gasteiger partial charge >= 0.3 is 16.2 Å². The minimum atomic E-state index is -3.11. The molecule has 7 heteroatoms. The van der Waals surface area contributed by atoms with Crippen molar-refractivity contribution in [2.24, 2.45) is 0 Å². The Morgan fingerprint density at radius 1 is 1.14 bits per heavy atom. The fourth-order valence-electron chi connectivity index (χ4n) is 2.24. The Kier molecular flexibility index (Phi) is 4.90. The molecule has 21 heavy (non-hydrogen) atoms. The van der Waals surface area contributed by atoms with Gasteiger partial charge in [-0.25, -0.2) is 4.79 Å². The number of aryl methyl sites for hydroxylation is 1. The van der Waals surface area contributed by atoms with Crippen molar-refractivity contribution < 1.29 is 17.0 Å². The van der Waals surface area contributed by atoms with Crippen LogP contribution in [0.3, 0.4) is 0 Å². The van der Waals surface area contributed by atoms with Crippen LogP contribution >= 0.6 is 0 Å². The van der Waals surface area contributed by atoms with Crippen molar-refractivity contribution >= 4 is 27.3 Å². The van der Waals surface area contributed by atoms with Gasteiger partial charge in [0, 0.05) is 22.7 Å². The molecule has 0 aliphatic heterocycles. The van der Waals surface area contributed by atoms with E-state index in [1.165, 1.54) is 0 Å². The molecule has 6 nitrogen and oxygen atoms in total. The second-order valence-electron chi connectivity index (χ2n) is 5.60. The van der Waals surface area contributed by atoms with Gasteiger partial charge in [0.1, 0.15) is 5.58 Å². The summed E-state index contributed by atoms with van der Waals surface area (Å²) in [6.07, 6.45) is 0. The normalized spacial score (nSPS) is 10.9. The lowest BCUT2D eigenvalue weighted by Gasteiger charge is -2.20. The Morgan fingerprint density at radius 3 is 2.14 bits per heavy atom. The number of hydrogen-bond donors (Lipinski definition) is 1. The van der Waals surface area contributed by atoms with Crippen LogP contribution in [0.2, 0.25) is 0 Å². The second kappa shape index (κ2) is 6.09. The van der Waals surface area contributed by atoms with Crippen molar-refractivity contribution in [2.45, 2.75) is 33.1 Å². The van der Waals surface area contributed by atoms with Gasteiger partial charge in [-0.05, 0) is 30.0 Å². The highest BCUT2D eigenvalue weighted by Gasteiger charge is 2.23. The van der Waals surface area contributed by atoms with Crippen LogP contribution in [0.5, 0.6) is 0 Å². The lowest BCUT2D eigenvalue weighted by Crippen LogP contribution is -2.23. The van der Waals surface area contributed by atoms with E-state index in [1.807, 2.05) is 39.8 Å². The van der Waals surface area contributed by atoms with E-state index in [2.05, 4.69) is 0 Å². The molecule has 1 heterocycles. The fourth-order valence-corrected chi connectivity index (χ4v) is 2.24. The molecular formula is C14H17NO5S. The van der Waals surface area contributed by atoms with E-state index in [4.69, 9.17) is 22.8 Å². The van der Waals surface area contributed by atoms with Crippen molar-refractivity contribution in [1.29, 1.82) is 0 Å². The average Bonchev–Trinajstić information content (AvgIpc) is 2.24. The number of nitrogens with two attached hydrogens (primary N) is 1. The van der Waals surface area contributed by atoms with Crippen LogP contribution in [0.15, 0.2) is 27.4 Å². The summed E-state index contributed by atoms with van der Waals surface area (Å²) in [6.45, 7) is 7.98. The summed E-state index contributed by atoms with van der Waals surface area (Å²) in [6, 6.07) is 5.41. The van der Waals surface area contributed by atoms with Gasteiger partial charge < -0.3 is 10.2 Å². The van der Waals surface area contributed by atoms with Crippen LogP contribution in [-0.2, 0) is 16.0 Å². The molecule has 2 N–H and O–H groups in total. The monoisotopic (exact) mass is 311 g/mol. The summed E-state index contributed by atoms with van der Waals surface area (Å²) in [7, 11) is -3.11. The summed E-state index contributed by atoms with van der Waals surface area (Å²) in [4.78, 5) is 12.0. The minimum absolute atomic E-state index is 0.222. The van der Waals surface area contributed by atoms with E-state index in [-0.39, 0.29) is 11.0 Å². The van der Waals surface area contributed by atoms with Gasteiger partial charge in [0.15, 0.2) is 0 Å². The highest BCUT2D eigenvalue weighted by Crippen LogP contribution is 2.28. The van der Waals surface area contributed by atoms with E-state index in [0.717, 1.165) is 16.5 Å². The first kappa shape index (κ1) is 16.9. The van der Waals surface area contributed by atoms with Crippen LogP contribution in [0.1, 0.15) is 31.9 Å². The minimum Gasteiger partial charge on any atom is -0.422 e. The molecule has 0 saturated carbocycles. The molecule has 0 spiro atoms. The smallest absolute Gasteiger partial charge is 0.422 e. The van der Waals surface area contributed by atoms with E-state index >= 15 is 0 Å². The Bertz CT molecular complexity index is 822. The average molecular weight is 311 g/mol. The molecule has 0 atom stereocenters. The van der Waals surface area contributed by atoms with E-state index < -0.39 is 10.6 Å². The molecule has 0 saturated heterocycles. The highest BCUT2D eigenvalue weighted by atomic mass is 32.2. The summed E-state index contributed by atoms with van der Waals surface area (Å²) in [5.41, 5.74) is 8.06. The predicted octanol–water partition coefficient (Wildman–Crippen LogP) is 1.98. The van der Waals surface area contributed by atoms with E-state index in [0.29, 0.717) is 11.3 Å². The lowest BCUT2D eigenvalue weighted by atomic mass is 9.84. The van der Waals surface area contributed by atoms with Gasteiger partial charge in [-0.3, -0.25) is 0 Å². The molecule has 1 aromatic carbocycles.